The number of furan rings is 1. The summed E-state index contributed by atoms with van der Waals surface area (Å²) in [5, 5.41) is 0. The van der Waals surface area contributed by atoms with Gasteiger partial charge >= 0.3 is 0 Å². The van der Waals surface area contributed by atoms with E-state index in [2.05, 4.69) is 20.7 Å². The molecule has 0 bridgehead atoms. The first-order valence-corrected chi connectivity index (χ1v) is 7.69. The maximum absolute atomic E-state index is 12.1. The molecule has 0 spiro atoms. The van der Waals surface area contributed by atoms with Crippen LogP contribution in [0.3, 0.4) is 0 Å². The summed E-state index contributed by atoms with van der Waals surface area (Å²) in [5.41, 5.74) is 5.41. The van der Waals surface area contributed by atoms with Crippen molar-refractivity contribution in [1.29, 1.82) is 0 Å². The van der Waals surface area contributed by atoms with E-state index in [-0.39, 0.29) is 22.2 Å². The molecule has 0 saturated heterocycles. The number of hydrogen-bond acceptors (Lipinski definition) is 5. The van der Waals surface area contributed by atoms with Crippen LogP contribution in [0.25, 0.3) is 0 Å². The molecule has 0 saturated carbocycles. The smallest absolute Gasteiger partial charge is 0.245 e. The Labute approximate surface area is 116 Å². The Morgan fingerprint density at radius 1 is 1.56 bits per heavy atom. The zero-order valence-electron chi connectivity index (χ0n) is 10.6. The number of sulfonamides is 1. The van der Waals surface area contributed by atoms with E-state index in [1.807, 2.05) is 19.0 Å². The highest BCUT2D eigenvalue weighted by molar-refractivity contribution is 9.10. The fourth-order valence-corrected chi connectivity index (χ4v) is 3.83. The molecule has 1 heterocycles. The van der Waals surface area contributed by atoms with Gasteiger partial charge in [0, 0.05) is 18.7 Å². The van der Waals surface area contributed by atoms with Gasteiger partial charge in [0.2, 0.25) is 10.0 Å². The number of hydrogen-bond donors (Lipinski definition) is 2. The lowest BCUT2D eigenvalue weighted by Crippen LogP contribution is -2.39. The van der Waals surface area contributed by atoms with E-state index in [9.17, 15) is 8.42 Å². The Morgan fingerprint density at radius 2 is 2.17 bits per heavy atom. The first-order chi connectivity index (χ1) is 8.26. The van der Waals surface area contributed by atoms with Crippen LogP contribution in [0, 0.1) is 0 Å². The minimum atomic E-state index is -3.60. The monoisotopic (exact) mass is 339 g/mol. The molecule has 1 aromatic heterocycles. The van der Waals surface area contributed by atoms with E-state index in [4.69, 9.17) is 10.2 Å². The third-order valence-corrected chi connectivity index (χ3v) is 4.64. The Kier molecular flexibility index (Phi) is 5.35. The van der Waals surface area contributed by atoms with Crippen molar-refractivity contribution in [3.8, 4) is 0 Å². The molecule has 0 fully saturated rings. The van der Waals surface area contributed by atoms with Gasteiger partial charge in [-0.15, -0.1) is 0 Å². The van der Waals surface area contributed by atoms with Gasteiger partial charge in [-0.3, -0.25) is 0 Å². The summed E-state index contributed by atoms with van der Waals surface area (Å²) in [6, 6.07) is 1.22. The molecule has 1 aromatic rings. The maximum atomic E-state index is 12.1. The lowest BCUT2D eigenvalue weighted by molar-refractivity contribution is 0.370. The fourth-order valence-electron chi connectivity index (χ4n) is 1.59. The molecule has 0 aromatic carbocycles. The molecule has 1 unspecified atom stereocenters. The summed E-state index contributed by atoms with van der Waals surface area (Å²) in [6.07, 6.45) is 0. The van der Waals surface area contributed by atoms with Gasteiger partial charge in [-0.25, -0.2) is 13.1 Å². The first kappa shape index (κ1) is 15.6. The average molecular weight is 340 g/mol. The predicted molar refractivity (Wildman–Crippen MR) is 72.6 cm³/mol. The van der Waals surface area contributed by atoms with Crippen LogP contribution in [-0.2, 0) is 16.6 Å². The van der Waals surface area contributed by atoms with Crippen LogP contribution in [-0.4, -0.2) is 40.0 Å². The zero-order chi connectivity index (χ0) is 13.9. The molecule has 0 aliphatic carbocycles. The molecular weight excluding hydrogens is 322 g/mol. The van der Waals surface area contributed by atoms with Crippen molar-refractivity contribution in [2.24, 2.45) is 5.73 Å². The lowest BCUT2D eigenvalue weighted by atomic mass is 10.3. The van der Waals surface area contributed by atoms with Gasteiger partial charge in [0.15, 0.2) is 4.67 Å². The maximum Gasteiger partial charge on any atom is 0.245 e. The Bertz CT molecular complexity index is 498. The van der Waals surface area contributed by atoms with E-state index < -0.39 is 10.0 Å². The third kappa shape index (κ3) is 4.06. The standard InChI is InChI=1S/C10H18BrN3O3S/c1-7(6-14(2)3)13-18(15,16)9-4-8(5-12)17-10(9)11/h4,7,13H,5-6,12H2,1-3H3. The molecule has 0 aliphatic heterocycles. The largest absolute Gasteiger partial charge is 0.452 e. The summed E-state index contributed by atoms with van der Waals surface area (Å²) in [5.74, 6) is 0.419. The first-order valence-electron chi connectivity index (χ1n) is 5.41. The van der Waals surface area contributed by atoms with Gasteiger partial charge in [0.25, 0.3) is 0 Å². The zero-order valence-corrected chi connectivity index (χ0v) is 13.0. The van der Waals surface area contributed by atoms with Crippen molar-refractivity contribution in [1.82, 2.24) is 9.62 Å². The molecule has 18 heavy (non-hydrogen) atoms. The summed E-state index contributed by atoms with van der Waals surface area (Å²) in [4.78, 5) is 1.98. The van der Waals surface area contributed by atoms with Gasteiger partial charge < -0.3 is 15.1 Å². The number of rotatable bonds is 6. The summed E-state index contributed by atoms with van der Waals surface area (Å²) < 4.78 is 32.2. The number of nitrogens with two attached hydrogens (primary N) is 1. The topological polar surface area (TPSA) is 88.6 Å². The van der Waals surface area contributed by atoms with Crippen LogP contribution in [0.2, 0.25) is 0 Å². The van der Waals surface area contributed by atoms with Crippen LogP contribution in [0.1, 0.15) is 12.7 Å². The highest BCUT2D eigenvalue weighted by Crippen LogP contribution is 2.25. The number of nitrogens with one attached hydrogen (secondary N) is 1. The van der Waals surface area contributed by atoms with Crippen LogP contribution >= 0.6 is 15.9 Å². The minimum Gasteiger partial charge on any atom is -0.452 e. The molecule has 0 radical (unpaired) electrons. The predicted octanol–water partition coefficient (Wildman–Crippen LogP) is 0.729. The van der Waals surface area contributed by atoms with E-state index >= 15 is 0 Å². The molecule has 3 N–H and O–H groups in total. The van der Waals surface area contributed by atoms with Crippen molar-refractivity contribution in [2.75, 3.05) is 20.6 Å². The molecule has 6 nitrogen and oxygen atoms in total. The van der Waals surface area contributed by atoms with Gasteiger partial charge in [0.05, 0.1) is 6.54 Å². The van der Waals surface area contributed by atoms with Gasteiger partial charge in [0.1, 0.15) is 10.7 Å². The van der Waals surface area contributed by atoms with E-state index in [1.165, 1.54) is 6.07 Å². The molecule has 104 valence electrons. The molecule has 1 rings (SSSR count). The van der Waals surface area contributed by atoms with E-state index in [0.29, 0.717) is 12.3 Å². The van der Waals surface area contributed by atoms with Crippen molar-refractivity contribution in [3.63, 3.8) is 0 Å². The highest BCUT2D eigenvalue weighted by atomic mass is 79.9. The Balaban J connectivity index is 2.89. The van der Waals surface area contributed by atoms with Crippen molar-refractivity contribution in [2.45, 2.75) is 24.4 Å². The molecular formula is C10H18BrN3O3S. The van der Waals surface area contributed by atoms with Crippen molar-refractivity contribution < 1.29 is 12.8 Å². The second-order valence-corrected chi connectivity index (χ2v) is 6.74. The van der Waals surface area contributed by atoms with Crippen LogP contribution < -0.4 is 10.5 Å². The quantitative estimate of drug-likeness (QED) is 0.797. The second kappa shape index (κ2) is 6.16. The molecule has 1 atom stereocenters. The summed E-state index contributed by atoms with van der Waals surface area (Å²) in [6.45, 7) is 2.56. The third-order valence-electron chi connectivity index (χ3n) is 2.19. The van der Waals surface area contributed by atoms with Crippen molar-refractivity contribution in [3.05, 3.63) is 16.5 Å². The highest BCUT2D eigenvalue weighted by Gasteiger charge is 2.24. The normalized spacial score (nSPS) is 14.1. The number of halogens is 1. The van der Waals surface area contributed by atoms with Gasteiger partial charge in [-0.2, -0.15) is 0 Å². The van der Waals surface area contributed by atoms with E-state index in [1.54, 1.807) is 6.92 Å². The summed E-state index contributed by atoms with van der Waals surface area (Å²) >= 11 is 3.08. The minimum absolute atomic E-state index is 0.0774. The van der Waals surface area contributed by atoms with Crippen LogP contribution in [0.4, 0.5) is 0 Å². The Hall–Kier alpha value is -0.410. The van der Waals surface area contributed by atoms with Crippen LogP contribution in [0.5, 0.6) is 0 Å². The summed E-state index contributed by atoms with van der Waals surface area (Å²) in [7, 11) is 0.162. The number of nitrogens with zero attached hydrogens (tertiary/aromatic N) is 1. The van der Waals surface area contributed by atoms with Gasteiger partial charge in [-0.1, -0.05) is 0 Å². The fraction of sp³-hybridized carbons (Fsp3) is 0.600. The van der Waals surface area contributed by atoms with Gasteiger partial charge in [-0.05, 0) is 36.9 Å². The lowest BCUT2D eigenvalue weighted by Gasteiger charge is -2.17. The second-order valence-electron chi connectivity index (χ2n) is 4.34. The SMILES string of the molecule is CC(CN(C)C)NS(=O)(=O)c1cc(CN)oc1Br. The van der Waals surface area contributed by atoms with E-state index in [0.717, 1.165) is 0 Å². The number of likely N-dealkylation sites (N-methyl/N-ethyl adjacent to an activating group) is 1. The Morgan fingerprint density at radius 3 is 2.61 bits per heavy atom. The molecule has 8 heteroatoms. The van der Waals surface area contributed by atoms with Crippen molar-refractivity contribution >= 4 is 26.0 Å². The van der Waals surface area contributed by atoms with Crippen LogP contribution in [0.15, 0.2) is 20.0 Å². The molecule has 0 amide bonds. The average Bonchev–Trinajstić information content (AvgIpc) is 2.58. The molecule has 0 aliphatic rings.